The Hall–Kier alpha value is -2.34. The molecule has 6 nitrogen and oxygen atoms in total. The maximum Gasteiger partial charge on any atom is 0.255 e. The van der Waals surface area contributed by atoms with Gasteiger partial charge in [-0.3, -0.25) is 4.79 Å². The molecular weight excluding hydrogens is 294 g/mol. The fraction of sp³-hybridized carbons (Fsp3) is 0.412. The Morgan fingerprint density at radius 1 is 1.26 bits per heavy atom. The number of rotatable bonds is 8. The van der Waals surface area contributed by atoms with Crippen LogP contribution in [0.25, 0.3) is 0 Å². The number of carbonyl (C=O) groups is 1. The second kappa shape index (κ2) is 8.33. The summed E-state index contributed by atoms with van der Waals surface area (Å²) in [6.45, 7) is 5.53. The Kier molecular flexibility index (Phi) is 6.17. The quantitative estimate of drug-likeness (QED) is 0.730. The molecule has 0 aliphatic rings. The average Bonchev–Trinajstić information content (AvgIpc) is 2.88. The maximum atomic E-state index is 12.3. The highest BCUT2D eigenvalue weighted by Gasteiger charge is 2.14. The number of aryl methyl sites for hydroxylation is 2. The number of nitrogens with one attached hydrogen (secondary N) is 2. The molecule has 0 atom stereocenters. The highest BCUT2D eigenvalue weighted by Crippen LogP contribution is 2.21. The van der Waals surface area contributed by atoms with Gasteiger partial charge in [0.25, 0.3) is 5.91 Å². The Bertz CT molecular complexity index is 633. The average molecular weight is 317 g/mol. The van der Waals surface area contributed by atoms with Crippen LogP contribution in [0, 0.1) is 13.8 Å². The lowest BCUT2D eigenvalue weighted by Crippen LogP contribution is -2.27. The number of benzene rings is 1. The highest BCUT2D eigenvalue weighted by molar-refractivity contribution is 5.96. The molecule has 1 heterocycles. The summed E-state index contributed by atoms with van der Waals surface area (Å²) in [7, 11) is 1.89. The van der Waals surface area contributed by atoms with E-state index >= 15 is 0 Å². The number of carbonyl (C=O) groups excluding carboxylic acids is 1. The van der Waals surface area contributed by atoms with E-state index in [0.717, 1.165) is 30.0 Å². The van der Waals surface area contributed by atoms with E-state index in [1.165, 1.54) is 0 Å². The fourth-order valence-corrected chi connectivity index (χ4v) is 2.20. The van der Waals surface area contributed by atoms with E-state index < -0.39 is 0 Å². The minimum atomic E-state index is -0.129. The third-order valence-corrected chi connectivity index (χ3v) is 3.57. The molecule has 124 valence electrons. The molecule has 0 aliphatic carbocycles. The van der Waals surface area contributed by atoms with Crippen molar-refractivity contribution in [2.75, 3.05) is 20.1 Å². The van der Waals surface area contributed by atoms with Crippen LogP contribution in [0.1, 0.15) is 33.8 Å². The summed E-state index contributed by atoms with van der Waals surface area (Å²) in [4.78, 5) is 12.3. The third kappa shape index (κ3) is 4.56. The van der Waals surface area contributed by atoms with E-state index in [1.54, 1.807) is 12.1 Å². The van der Waals surface area contributed by atoms with Crippen molar-refractivity contribution < 1.29 is 14.1 Å². The predicted molar refractivity (Wildman–Crippen MR) is 87.6 cm³/mol. The van der Waals surface area contributed by atoms with Crippen molar-refractivity contribution in [3.05, 3.63) is 46.8 Å². The number of amides is 1. The van der Waals surface area contributed by atoms with Crippen LogP contribution < -0.4 is 15.4 Å². The second-order valence-corrected chi connectivity index (χ2v) is 5.30. The number of aromatic nitrogens is 1. The first-order valence-electron chi connectivity index (χ1n) is 7.70. The zero-order valence-corrected chi connectivity index (χ0v) is 13.8. The highest BCUT2D eigenvalue weighted by atomic mass is 16.5. The Balaban J connectivity index is 2.01. The Labute approximate surface area is 136 Å². The summed E-state index contributed by atoms with van der Waals surface area (Å²) in [5.74, 6) is 1.16. The second-order valence-electron chi connectivity index (χ2n) is 5.30. The van der Waals surface area contributed by atoms with Crippen LogP contribution in [0.15, 0.2) is 28.8 Å². The summed E-state index contributed by atoms with van der Waals surface area (Å²) in [5.41, 5.74) is 2.24. The molecule has 0 fully saturated rings. The molecule has 0 radical (unpaired) electrons. The first-order chi connectivity index (χ1) is 11.1. The van der Waals surface area contributed by atoms with Gasteiger partial charge in [0, 0.05) is 6.54 Å². The fourth-order valence-electron chi connectivity index (χ4n) is 2.20. The number of para-hydroxylation sites is 1. The van der Waals surface area contributed by atoms with Gasteiger partial charge in [0.15, 0.2) is 0 Å². The van der Waals surface area contributed by atoms with E-state index in [-0.39, 0.29) is 5.91 Å². The minimum Gasteiger partial charge on any atom is -0.488 e. The largest absolute Gasteiger partial charge is 0.488 e. The van der Waals surface area contributed by atoms with Crippen molar-refractivity contribution in [1.82, 2.24) is 15.8 Å². The minimum absolute atomic E-state index is 0.129. The molecule has 0 unspecified atom stereocenters. The van der Waals surface area contributed by atoms with Crippen LogP contribution in [0.2, 0.25) is 0 Å². The van der Waals surface area contributed by atoms with Crippen LogP contribution in [-0.2, 0) is 6.61 Å². The van der Waals surface area contributed by atoms with E-state index in [9.17, 15) is 4.79 Å². The van der Waals surface area contributed by atoms with E-state index in [2.05, 4.69) is 15.8 Å². The summed E-state index contributed by atoms with van der Waals surface area (Å²) < 4.78 is 10.9. The molecule has 2 aromatic rings. The molecule has 1 aromatic carbocycles. The SMILES string of the molecule is CNCCCNC(=O)c1ccccc1OCc1c(C)noc1C. The number of hydrogen-bond acceptors (Lipinski definition) is 5. The molecule has 1 amide bonds. The molecule has 0 spiro atoms. The number of hydrogen-bond donors (Lipinski definition) is 2. The first-order valence-corrected chi connectivity index (χ1v) is 7.70. The van der Waals surface area contributed by atoms with Crippen molar-refractivity contribution >= 4 is 5.91 Å². The van der Waals surface area contributed by atoms with Gasteiger partial charge in [0.2, 0.25) is 0 Å². The van der Waals surface area contributed by atoms with Gasteiger partial charge in [0.1, 0.15) is 18.1 Å². The van der Waals surface area contributed by atoms with Crippen molar-refractivity contribution in [2.24, 2.45) is 0 Å². The maximum absolute atomic E-state index is 12.3. The van der Waals surface area contributed by atoms with E-state index in [0.29, 0.717) is 24.5 Å². The lowest BCUT2D eigenvalue weighted by molar-refractivity contribution is 0.0948. The lowest BCUT2D eigenvalue weighted by atomic mass is 10.1. The van der Waals surface area contributed by atoms with Gasteiger partial charge in [-0.15, -0.1) is 0 Å². The van der Waals surface area contributed by atoms with Gasteiger partial charge in [-0.1, -0.05) is 17.3 Å². The number of ether oxygens (including phenoxy) is 1. The van der Waals surface area contributed by atoms with Gasteiger partial charge < -0.3 is 19.9 Å². The van der Waals surface area contributed by atoms with Crippen molar-refractivity contribution in [3.8, 4) is 5.75 Å². The molecule has 2 rings (SSSR count). The third-order valence-electron chi connectivity index (χ3n) is 3.57. The number of nitrogens with zero attached hydrogens (tertiary/aromatic N) is 1. The Morgan fingerprint density at radius 2 is 2.04 bits per heavy atom. The van der Waals surface area contributed by atoms with Crippen LogP contribution in [-0.4, -0.2) is 31.2 Å². The van der Waals surface area contributed by atoms with E-state index in [4.69, 9.17) is 9.26 Å². The van der Waals surface area contributed by atoms with Crippen LogP contribution in [0.5, 0.6) is 5.75 Å². The van der Waals surface area contributed by atoms with Crippen molar-refractivity contribution in [3.63, 3.8) is 0 Å². The zero-order chi connectivity index (χ0) is 16.7. The molecule has 0 bridgehead atoms. The summed E-state index contributed by atoms with van der Waals surface area (Å²) in [6, 6.07) is 7.22. The lowest BCUT2D eigenvalue weighted by Gasteiger charge is -2.11. The standard InChI is InChI=1S/C17H23N3O3/c1-12-15(13(2)23-20-12)11-22-16-8-5-4-7-14(16)17(21)19-10-6-9-18-3/h4-5,7-8,18H,6,9-11H2,1-3H3,(H,19,21). The summed E-state index contributed by atoms with van der Waals surface area (Å²) >= 11 is 0. The van der Waals surface area contributed by atoms with Gasteiger partial charge in [-0.2, -0.15) is 0 Å². The monoisotopic (exact) mass is 317 g/mol. The van der Waals surface area contributed by atoms with Gasteiger partial charge in [-0.25, -0.2) is 0 Å². The van der Waals surface area contributed by atoms with Crippen molar-refractivity contribution in [2.45, 2.75) is 26.9 Å². The predicted octanol–water partition coefficient (Wildman–Crippen LogP) is 2.21. The molecule has 2 N–H and O–H groups in total. The molecule has 0 saturated carbocycles. The molecule has 23 heavy (non-hydrogen) atoms. The van der Waals surface area contributed by atoms with E-state index in [1.807, 2.05) is 33.0 Å². The normalized spacial score (nSPS) is 10.6. The summed E-state index contributed by atoms with van der Waals surface area (Å²) in [6.07, 6.45) is 0.879. The molecular formula is C17H23N3O3. The van der Waals surface area contributed by atoms with Crippen LogP contribution in [0.4, 0.5) is 0 Å². The first kappa shape index (κ1) is 17.0. The smallest absolute Gasteiger partial charge is 0.255 e. The van der Waals surface area contributed by atoms with Crippen LogP contribution >= 0.6 is 0 Å². The zero-order valence-electron chi connectivity index (χ0n) is 13.8. The van der Waals surface area contributed by atoms with Crippen LogP contribution in [0.3, 0.4) is 0 Å². The van der Waals surface area contributed by atoms with Gasteiger partial charge in [0.05, 0.1) is 16.8 Å². The Morgan fingerprint density at radius 3 is 2.74 bits per heavy atom. The molecule has 6 heteroatoms. The van der Waals surface area contributed by atoms with Gasteiger partial charge in [-0.05, 0) is 46.0 Å². The van der Waals surface area contributed by atoms with Crippen molar-refractivity contribution in [1.29, 1.82) is 0 Å². The molecule has 0 saturated heterocycles. The molecule has 0 aliphatic heterocycles. The topological polar surface area (TPSA) is 76.4 Å². The summed E-state index contributed by atoms with van der Waals surface area (Å²) in [5, 5.41) is 9.85. The van der Waals surface area contributed by atoms with Gasteiger partial charge >= 0.3 is 0 Å². The molecule has 1 aromatic heterocycles.